The topological polar surface area (TPSA) is 63.3 Å². The number of nitrogens with two attached hydrogens (primary N) is 1. The van der Waals surface area contributed by atoms with Crippen molar-refractivity contribution in [3.05, 3.63) is 34.9 Å². The Kier molecular flexibility index (Phi) is 5.53. The van der Waals surface area contributed by atoms with Crippen LogP contribution in [0.1, 0.15) is 5.56 Å². The zero-order chi connectivity index (χ0) is 9.84. The molecule has 3 N–H and O–H groups in total. The highest BCUT2D eigenvalue weighted by Crippen LogP contribution is 2.11. The van der Waals surface area contributed by atoms with E-state index in [-0.39, 0.29) is 12.4 Å². The van der Waals surface area contributed by atoms with Crippen LogP contribution in [0, 0.1) is 0 Å². The quantitative estimate of drug-likeness (QED) is 0.839. The maximum absolute atomic E-state index is 10.4. The molecular weight excluding hydrogens is 225 g/mol. The standard InChI is InChI=1S/C9H10ClNO2.ClH/c10-7-3-1-2-6(4-7)5-8(11)9(12)13;/h1-4,8H,5,11H2,(H,12,13);1H/t8-;/m1./s1. The van der Waals surface area contributed by atoms with Crippen molar-refractivity contribution in [3.8, 4) is 0 Å². The second-order valence-corrected chi connectivity index (χ2v) is 3.22. The summed E-state index contributed by atoms with van der Waals surface area (Å²) in [6.07, 6.45) is 0.301. The number of carboxylic acids is 1. The first-order valence-electron chi connectivity index (χ1n) is 3.82. The van der Waals surface area contributed by atoms with Gasteiger partial charge in [-0.1, -0.05) is 23.7 Å². The van der Waals surface area contributed by atoms with Crippen LogP contribution in [-0.2, 0) is 11.2 Å². The molecule has 0 fully saturated rings. The van der Waals surface area contributed by atoms with Gasteiger partial charge >= 0.3 is 5.97 Å². The van der Waals surface area contributed by atoms with E-state index in [0.717, 1.165) is 5.56 Å². The molecule has 0 saturated carbocycles. The summed E-state index contributed by atoms with van der Waals surface area (Å²) in [7, 11) is 0. The first kappa shape index (κ1) is 13.2. The van der Waals surface area contributed by atoms with Crippen LogP contribution >= 0.6 is 24.0 Å². The first-order chi connectivity index (χ1) is 6.09. The van der Waals surface area contributed by atoms with Crippen LogP contribution in [0.5, 0.6) is 0 Å². The molecule has 78 valence electrons. The van der Waals surface area contributed by atoms with E-state index in [9.17, 15) is 4.79 Å². The third-order valence-corrected chi connectivity index (χ3v) is 1.90. The monoisotopic (exact) mass is 235 g/mol. The predicted octanol–water partition coefficient (Wildman–Crippen LogP) is 1.72. The number of carboxylic acid groups (broad SMARTS) is 1. The lowest BCUT2D eigenvalue weighted by Gasteiger charge is -2.05. The lowest BCUT2D eigenvalue weighted by atomic mass is 10.1. The van der Waals surface area contributed by atoms with Crippen LogP contribution in [0.4, 0.5) is 0 Å². The molecule has 0 aliphatic rings. The van der Waals surface area contributed by atoms with E-state index in [4.69, 9.17) is 22.4 Å². The lowest BCUT2D eigenvalue weighted by molar-refractivity contribution is -0.138. The highest BCUT2D eigenvalue weighted by molar-refractivity contribution is 6.30. The summed E-state index contributed by atoms with van der Waals surface area (Å²) in [5, 5.41) is 9.15. The third-order valence-electron chi connectivity index (χ3n) is 1.66. The molecule has 0 spiro atoms. The number of aliphatic carboxylic acids is 1. The fourth-order valence-corrected chi connectivity index (χ4v) is 1.22. The molecule has 0 radical (unpaired) electrons. The smallest absolute Gasteiger partial charge is 0.320 e. The van der Waals surface area contributed by atoms with Gasteiger partial charge in [-0.05, 0) is 24.1 Å². The van der Waals surface area contributed by atoms with Gasteiger partial charge in [-0.25, -0.2) is 0 Å². The van der Waals surface area contributed by atoms with E-state index >= 15 is 0 Å². The minimum Gasteiger partial charge on any atom is -0.480 e. The van der Waals surface area contributed by atoms with E-state index in [1.165, 1.54) is 0 Å². The molecule has 14 heavy (non-hydrogen) atoms. The Morgan fingerprint density at radius 3 is 2.71 bits per heavy atom. The molecule has 0 heterocycles. The minimum atomic E-state index is -1.00. The molecule has 0 unspecified atom stereocenters. The molecule has 0 aliphatic heterocycles. The summed E-state index contributed by atoms with van der Waals surface area (Å²) in [6.45, 7) is 0. The third kappa shape index (κ3) is 3.96. The average Bonchev–Trinajstić information content (AvgIpc) is 2.04. The number of benzene rings is 1. The SMILES string of the molecule is Cl.N[C@H](Cc1cccc(Cl)c1)C(=O)O. The van der Waals surface area contributed by atoms with Crippen LogP contribution in [0.15, 0.2) is 24.3 Å². The summed E-state index contributed by atoms with van der Waals surface area (Å²) in [5.74, 6) is -1.00. The Hall–Kier alpha value is -0.770. The predicted molar refractivity (Wildman–Crippen MR) is 58.0 cm³/mol. The van der Waals surface area contributed by atoms with Gasteiger partial charge in [0.25, 0.3) is 0 Å². The van der Waals surface area contributed by atoms with Crippen LogP contribution in [0.3, 0.4) is 0 Å². The van der Waals surface area contributed by atoms with Crippen molar-refractivity contribution >= 4 is 30.0 Å². The second kappa shape index (κ2) is 5.86. The maximum atomic E-state index is 10.4. The molecule has 0 saturated heterocycles. The van der Waals surface area contributed by atoms with E-state index in [1.54, 1.807) is 24.3 Å². The maximum Gasteiger partial charge on any atom is 0.320 e. The number of carbonyl (C=O) groups is 1. The summed E-state index contributed by atoms with van der Waals surface area (Å²) in [5.41, 5.74) is 6.19. The van der Waals surface area contributed by atoms with Crippen molar-refractivity contribution in [2.75, 3.05) is 0 Å². The molecule has 0 bridgehead atoms. The summed E-state index contributed by atoms with van der Waals surface area (Å²) in [4.78, 5) is 10.4. The Morgan fingerprint density at radius 1 is 1.57 bits per heavy atom. The van der Waals surface area contributed by atoms with Crippen LogP contribution in [-0.4, -0.2) is 17.1 Å². The largest absolute Gasteiger partial charge is 0.480 e. The van der Waals surface area contributed by atoms with E-state index in [0.29, 0.717) is 11.4 Å². The van der Waals surface area contributed by atoms with Gasteiger partial charge in [0, 0.05) is 5.02 Å². The lowest BCUT2D eigenvalue weighted by Crippen LogP contribution is -2.32. The zero-order valence-corrected chi connectivity index (χ0v) is 8.89. The van der Waals surface area contributed by atoms with Crippen LogP contribution in [0.25, 0.3) is 0 Å². The second-order valence-electron chi connectivity index (χ2n) is 2.78. The van der Waals surface area contributed by atoms with E-state index in [2.05, 4.69) is 0 Å². The van der Waals surface area contributed by atoms with Crippen molar-refractivity contribution in [1.29, 1.82) is 0 Å². The highest BCUT2D eigenvalue weighted by atomic mass is 35.5. The number of hydrogen-bond donors (Lipinski definition) is 2. The Morgan fingerprint density at radius 2 is 2.21 bits per heavy atom. The van der Waals surface area contributed by atoms with Gasteiger partial charge in [0.1, 0.15) is 6.04 Å². The molecule has 0 amide bonds. The van der Waals surface area contributed by atoms with Gasteiger partial charge in [-0.2, -0.15) is 0 Å². The molecule has 3 nitrogen and oxygen atoms in total. The fraction of sp³-hybridized carbons (Fsp3) is 0.222. The molecule has 1 rings (SSSR count). The Balaban J connectivity index is 0.00000169. The van der Waals surface area contributed by atoms with Crippen LogP contribution in [0.2, 0.25) is 5.02 Å². The average molecular weight is 236 g/mol. The molecule has 1 aromatic rings. The fourth-order valence-electron chi connectivity index (χ4n) is 1.01. The van der Waals surface area contributed by atoms with Crippen molar-refractivity contribution < 1.29 is 9.90 Å². The zero-order valence-electron chi connectivity index (χ0n) is 7.31. The van der Waals surface area contributed by atoms with Gasteiger partial charge in [0.05, 0.1) is 0 Å². The molecular formula is C9H11Cl2NO2. The van der Waals surface area contributed by atoms with E-state index < -0.39 is 12.0 Å². The minimum absolute atomic E-state index is 0. The van der Waals surface area contributed by atoms with Gasteiger partial charge < -0.3 is 10.8 Å². The number of rotatable bonds is 3. The molecule has 1 atom stereocenters. The van der Waals surface area contributed by atoms with Gasteiger partial charge in [-0.15, -0.1) is 12.4 Å². The normalized spacial score (nSPS) is 11.6. The summed E-state index contributed by atoms with van der Waals surface area (Å²) < 4.78 is 0. The molecule has 5 heteroatoms. The van der Waals surface area contributed by atoms with Gasteiger partial charge in [0.15, 0.2) is 0 Å². The van der Waals surface area contributed by atoms with Crippen molar-refractivity contribution in [1.82, 2.24) is 0 Å². The van der Waals surface area contributed by atoms with Gasteiger partial charge in [-0.3, -0.25) is 4.79 Å². The number of halogens is 2. The van der Waals surface area contributed by atoms with Crippen molar-refractivity contribution in [3.63, 3.8) is 0 Å². The summed E-state index contributed by atoms with van der Waals surface area (Å²) in [6, 6.07) is 6.15. The Labute approximate surface area is 93.3 Å². The number of hydrogen-bond acceptors (Lipinski definition) is 2. The first-order valence-corrected chi connectivity index (χ1v) is 4.20. The Bertz CT molecular complexity index is 317. The molecule has 0 aliphatic carbocycles. The summed E-state index contributed by atoms with van der Waals surface area (Å²) >= 11 is 5.72. The van der Waals surface area contributed by atoms with E-state index in [1.807, 2.05) is 0 Å². The van der Waals surface area contributed by atoms with Crippen LogP contribution < -0.4 is 5.73 Å². The molecule has 1 aromatic carbocycles. The van der Waals surface area contributed by atoms with Gasteiger partial charge in [0.2, 0.25) is 0 Å². The van der Waals surface area contributed by atoms with Crippen molar-refractivity contribution in [2.24, 2.45) is 5.73 Å². The highest BCUT2D eigenvalue weighted by Gasteiger charge is 2.11. The molecule has 0 aromatic heterocycles. The van der Waals surface area contributed by atoms with Crippen molar-refractivity contribution in [2.45, 2.75) is 12.5 Å².